The average molecular weight is 375 g/mol. The number of nitroso groups, excluding NO2 is 1. The van der Waals surface area contributed by atoms with Gasteiger partial charge in [-0.25, -0.2) is 0 Å². The smallest absolute Gasteiger partial charge is 0.131 e. The maximum absolute atomic E-state index is 11.1. The van der Waals surface area contributed by atoms with Gasteiger partial charge in [0, 0.05) is 42.9 Å². The van der Waals surface area contributed by atoms with E-state index in [4.69, 9.17) is 0 Å². The Morgan fingerprint density at radius 3 is 2.74 bits per heavy atom. The summed E-state index contributed by atoms with van der Waals surface area (Å²) in [7, 11) is 0. The van der Waals surface area contributed by atoms with Gasteiger partial charge in [0.2, 0.25) is 0 Å². The van der Waals surface area contributed by atoms with Crippen molar-refractivity contribution in [1.82, 2.24) is 5.32 Å². The first kappa shape index (κ1) is 16.0. The Kier molecular flexibility index (Phi) is 5.25. The lowest BCUT2D eigenvalue weighted by molar-refractivity contribution is 0.589. The first-order valence-electron chi connectivity index (χ1n) is 7.67. The van der Waals surface area contributed by atoms with Gasteiger partial charge in [0.15, 0.2) is 0 Å². The third-order valence-corrected chi connectivity index (χ3v) is 4.43. The van der Waals surface area contributed by atoms with E-state index in [1.54, 1.807) is 6.07 Å². The molecule has 1 heterocycles. The number of piperazine rings is 1. The van der Waals surface area contributed by atoms with E-state index in [-0.39, 0.29) is 0 Å². The van der Waals surface area contributed by atoms with Crippen LogP contribution in [0, 0.1) is 4.91 Å². The van der Waals surface area contributed by atoms with Crippen molar-refractivity contribution in [2.24, 2.45) is 5.18 Å². The molecule has 2 aromatic rings. The molecule has 1 aliphatic heterocycles. The highest BCUT2D eigenvalue weighted by Crippen LogP contribution is 2.30. The van der Waals surface area contributed by atoms with Crippen LogP contribution >= 0.6 is 15.9 Å². The maximum Gasteiger partial charge on any atom is 0.131 e. The van der Waals surface area contributed by atoms with E-state index in [1.165, 1.54) is 0 Å². The fourth-order valence-corrected chi connectivity index (χ4v) is 3.16. The van der Waals surface area contributed by atoms with Crippen molar-refractivity contribution in [2.45, 2.75) is 6.54 Å². The minimum atomic E-state index is 0.443. The molecule has 0 spiro atoms. The molecule has 23 heavy (non-hydrogen) atoms. The molecule has 0 bridgehead atoms. The minimum absolute atomic E-state index is 0.443. The van der Waals surface area contributed by atoms with Crippen molar-refractivity contribution in [2.75, 3.05) is 36.4 Å². The molecule has 0 saturated carbocycles. The Morgan fingerprint density at radius 2 is 2.00 bits per heavy atom. The molecule has 0 atom stereocenters. The Balaban J connectivity index is 1.77. The summed E-state index contributed by atoms with van der Waals surface area (Å²) in [5, 5.41) is 9.81. The molecule has 0 amide bonds. The van der Waals surface area contributed by atoms with Crippen LogP contribution in [0.3, 0.4) is 0 Å². The molecule has 0 radical (unpaired) electrons. The number of rotatable bonds is 5. The van der Waals surface area contributed by atoms with Crippen molar-refractivity contribution in [3.63, 3.8) is 0 Å². The van der Waals surface area contributed by atoms with Crippen LogP contribution in [0.15, 0.2) is 52.1 Å². The summed E-state index contributed by atoms with van der Waals surface area (Å²) in [6.07, 6.45) is 0. The van der Waals surface area contributed by atoms with E-state index in [0.29, 0.717) is 12.2 Å². The van der Waals surface area contributed by atoms with E-state index < -0.39 is 0 Å². The predicted molar refractivity (Wildman–Crippen MR) is 98.4 cm³/mol. The van der Waals surface area contributed by atoms with E-state index in [1.807, 2.05) is 30.3 Å². The molecule has 5 nitrogen and oxygen atoms in total. The van der Waals surface area contributed by atoms with Gasteiger partial charge in [0.25, 0.3) is 0 Å². The molecule has 0 unspecified atom stereocenters. The van der Waals surface area contributed by atoms with Crippen LogP contribution in [0.5, 0.6) is 0 Å². The highest BCUT2D eigenvalue weighted by atomic mass is 79.9. The predicted octanol–water partition coefficient (Wildman–Crippen LogP) is 3.87. The summed E-state index contributed by atoms with van der Waals surface area (Å²) in [5.41, 5.74) is 3.48. The number of benzene rings is 2. The second-order valence-corrected chi connectivity index (χ2v) is 6.43. The largest absolute Gasteiger partial charge is 0.379 e. The van der Waals surface area contributed by atoms with Gasteiger partial charge >= 0.3 is 0 Å². The number of hydrogen-bond donors (Lipinski definition) is 2. The van der Waals surface area contributed by atoms with Crippen molar-refractivity contribution in [3.8, 4) is 0 Å². The summed E-state index contributed by atoms with van der Waals surface area (Å²) in [6.45, 7) is 4.55. The molecule has 6 heteroatoms. The highest BCUT2D eigenvalue weighted by Gasteiger charge is 2.13. The molecule has 0 aliphatic carbocycles. The van der Waals surface area contributed by atoms with Crippen molar-refractivity contribution >= 4 is 33.0 Å². The number of halogens is 1. The van der Waals surface area contributed by atoms with Gasteiger partial charge in [-0.05, 0) is 41.1 Å². The lowest BCUT2D eigenvalue weighted by Gasteiger charge is -2.29. The summed E-state index contributed by atoms with van der Waals surface area (Å²) < 4.78 is 1.04. The van der Waals surface area contributed by atoms with Crippen LogP contribution in [0.4, 0.5) is 17.1 Å². The fraction of sp³-hybridized carbons (Fsp3) is 0.294. The molecule has 1 saturated heterocycles. The van der Waals surface area contributed by atoms with Gasteiger partial charge in [-0.3, -0.25) is 0 Å². The molecule has 120 valence electrons. The molecule has 1 fully saturated rings. The lowest BCUT2D eigenvalue weighted by Crippen LogP contribution is -2.43. The third-order valence-electron chi connectivity index (χ3n) is 3.93. The van der Waals surface area contributed by atoms with E-state index >= 15 is 0 Å². The number of nitrogens with one attached hydrogen (secondary N) is 2. The molecular formula is C17H19BrN4O. The van der Waals surface area contributed by atoms with E-state index in [9.17, 15) is 4.91 Å². The van der Waals surface area contributed by atoms with Crippen LogP contribution in [-0.4, -0.2) is 26.2 Å². The van der Waals surface area contributed by atoms with E-state index in [0.717, 1.165) is 47.6 Å². The van der Waals surface area contributed by atoms with Crippen LogP contribution in [0.1, 0.15) is 5.56 Å². The molecule has 2 aromatic carbocycles. The van der Waals surface area contributed by atoms with Gasteiger partial charge in [0.05, 0.1) is 5.69 Å². The molecule has 1 aliphatic rings. The highest BCUT2D eigenvalue weighted by molar-refractivity contribution is 9.10. The van der Waals surface area contributed by atoms with Crippen LogP contribution in [0.2, 0.25) is 0 Å². The Hall–Kier alpha value is -1.92. The van der Waals surface area contributed by atoms with Gasteiger partial charge in [-0.1, -0.05) is 28.1 Å². The topological polar surface area (TPSA) is 56.7 Å². The normalized spacial score (nSPS) is 14.6. The molecular weight excluding hydrogens is 356 g/mol. The quantitative estimate of drug-likeness (QED) is 0.779. The number of anilines is 2. The van der Waals surface area contributed by atoms with Crippen LogP contribution in [-0.2, 0) is 6.54 Å². The Labute approximate surface area is 144 Å². The van der Waals surface area contributed by atoms with E-state index in [2.05, 4.69) is 42.7 Å². The number of hydrogen-bond acceptors (Lipinski definition) is 5. The van der Waals surface area contributed by atoms with Crippen molar-refractivity contribution < 1.29 is 0 Å². The number of nitrogens with zero attached hydrogens (tertiary/aromatic N) is 2. The molecule has 2 N–H and O–H groups in total. The lowest BCUT2D eigenvalue weighted by atomic mass is 10.2. The minimum Gasteiger partial charge on any atom is -0.379 e. The van der Waals surface area contributed by atoms with Crippen molar-refractivity contribution in [1.29, 1.82) is 0 Å². The fourth-order valence-electron chi connectivity index (χ4n) is 2.71. The monoisotopic (exact) mass is 374 g/mol. The van der Waals surface area contributed by atoms with Gasteiger partial charge in [-0.15, -0.1) is 4.91 Å². The zero-order chi connectivity index (χ0) is 16.1. The second-order valence-electron chi connectivity index (χ2n) is 5.51. The standard InChI is InChI=1S/C17H19BrN4O/c18-14-3-1-2-13(10-14)12-20-17-11-15(4-5-16(17)21-23)22-8-6-19-7-9-22/h1-5,10-11,19-20H,6-9,12H2. The summed E-state index contributed by atoms with van der Waals surface area (Å²) in [4.78, 5) is 13.4. The van der Waals surface area contributed by atoms with Gasteiger partial charge in [-0.2, -0.15) is 0 Å². The van der Waals surface area contributed by atoms with Gasteiger partial charge < -0.3 is 15.5 Å². The first-order chi connectivity index (χ1) is 11.3. The molecule has 3 rings (SSSR count). The SMILES string of the molecule is O=Nc1ccc(N2CCNCC2)cc1NCc1cccc(Br)c1. The van der Waals surface area contributed by atoms with Crippen LogP contribution in [0.25, 0.3) is 0 Å². The third kappa shape index (κ3) is 4.09. The summed E-state index contributed by atoms with van der Waals surface area (Å²) in [5.74, 6) is 0. The zero-order valence-electron chi connectivity index (χ0n) is 12.8. The Bertz CT molecular complexity index is 686. The van der Waals surface area contributed by atoms with Gasteiger partial charge in [0.1, 0.15) is 5.69 Å². The molecule has 0 aromatic heterocycles. The van der Waals surface area contributed by atoms with Crippen LogP contribution < -0.4 is 15.5 Å². The average Bonchev–Trinajstić information content (AvgIpc) is 2.60. The summed E-state index contributed by atoms with van der Waals surface area (Å²) in [6, 6.07) is 13.9. The Morgan fingerprint density at radius 1 is 1.17 bits per heavy atom. The van der Waals surface area contributed by atoms with Crippen molar-refractivity contribution in [3.05, 3.63) is 57.4 Å². The maximum atomic E-state index is 11.1. The summed E-state index contributed by atoms with van der Waals surface area (Å²) >= 11 is 3.47. The second kappa shape index (κ2) is 7.57. The first-order valence-corrected chi connectivity index (χ1v) is 8.47. The zero-order valence-corrected chi connectivity index (χ0v) is 14.3.